The van der Waals surface area contributed by atoms with Crippen molar-refractivity contribution in [3.8, 4) is 5.75 Å². The molecule has 1 fully saturated rings. The van der Waals surface area contributed by atoms with Crippen molar-refractivity contribution in [2.24, 2.45) is 5.73 Å². The summed E-state index contributed by atoms with van der Waals surface area (Å²) >= 11 is 0. The highest BCUT2D eigenvalue weighted by molar-refractivity contribution is 6.01. The largest absolute Gasteiger partial charge is 0.489 e. The van der Waals surface area contributed by atoms with Crippen LogP contribution in [0.5, 0.6) is 5.75 Å². The van der Waals surface area contributed by atoms with Crippen LogP contribution in [0.25, 0.3) is 0 Å². The Bertz CT molecular complexity index is 628. The van der Waals surface area contributed by atoms with E-state index in [1.807, 2.05) is 0 Å². The highest BCUT2D eigenvalue weighted by Gasteiger charge is 2.27. The minimum Gasteiger partial charge on any atom is -0.489 e. The zero-order chi connectivity index (χ0) is 17.1. The van der Waals surface area contributed by atoms with Gasteiger partial charge in [0.2, 0.25) is 5.91 Å². The smallest absolute Gasteiger partial charge is 0.251 e. The minimum absolute atomic E-state index is 0.136. The molecule has 1 aromatic rings. The molecule has 0 saturated carbocycles. The number of carbonyl (C=O) groups excluding carboxylic acids is 2. The molecule has 0 bridgehead atoms. The average Bonchev–Trinajstić information content (AvgIpc) is 3.08. The van der Waals surface area contributed by atoms with Gasteiger partial charge in [-0.15, -0.1) is 0 Å². The topological polar surface area (TPSA) is 87.9 Å². The van der Waals surface area contributed by atoms with Gasteiger partial charge >= 0.3 is 0 Å². The number of likely N-dealkylation sites (N-methyl/N-ethyl adjacent to an activating group) is 1. The standard InChI is InChI=1S/C17H24N4O3/c1-20-14-10-12(4-5-15(14)24-11-13(18)17(20)23)16(22)19-6-9-21-7-2-3-8-21/h4-5,10,13H,2-3,6-9,11,18H2,1H3,(H,19,22)/t13-/m0/s1. The predicted octanol–water partition coefficient (Wildman–Crippen LogP) is 0.195. The molecule has 1 saturated heterocycles. The number of nitrogens with zero attached hydrogens (tertiary/aromatic N) is 2. The third-order valence-corrected chi connectivity index (χ3v) is 4.56. The summed E-state index contributed by atoms with van der Waals surface area (Å²) in [6.45, 7) is 3.84. The van der Waals surface area contributed by atoms with Gasteiger partial charge in [-0.25, -0.2) is 0 Å². The molecule has 0 aromatic heterocycles. The Balaban J connectivity index is 1.66. The van der Waals surface area contributed by atoms with E-state index in [2.05, 4.69) is 10.2 Å². The van der Waals surface area contributed by atoms with Crippen LogP contribution in [0.1, 0.15) is 23.2 Å². The molecule has 1 aromatic carbocycles. The molecule has 0 radical (unpaired) electrons. The molecule has 7 heteroatoms. The molecule has 0 aliphatic carbocycles. The SMILES string of the molecule is CN1C(=O)[C@@H](N)COc2ccc(C(=O)NCCN3CCCC3)cc21. The maximum absolute atomic E-state index is 12.3. The van der Waals surface area contributed by atoms with Crippen molar-refractivity contribution in [1.29, 1.82) is 0 Å². The first-order chi connectivity index (χ1) is 11.6. The number of anilines is 1. The summed E-state index contributed by atoms with van der Waals surface area (Å²) < 4.78 is 5.56. The molecule has 0 spiro atoms. The van der Waals surface area contributed by atoms with Gasteiger partial charge in [0.05, 0.1) is 5.69 Å². The van der Waals surface area contributed by atoms with Crippen LogP contribution in [0, 0.1) is 0 Å². The van der Waals surface area contributed by atoms with E-state index < -0.39 is 6.04 Å². The van der Waals surface area contributed by atoms with Crippen LogP contribution in [-0.2, 0) is 4.79 Å². The van der Waals surface area contributed by atoms with Gasteiger partial charge in [-0.3, -0.25) is 9.59 Å². The molecule has 130 valence electrons. The summed E-state index contributed by atoms with van der Waals surface area (Å²) in [5, 5.41) is 2.93. The number of likely N-dealkylation sites (tertiary alicyclic amines) is 1. The van der Waals surface area contributed by atoms with Gasteiger partial charge in [-0.2, -0.15) is 0 Å². The predicted molar refractivity (Wildman–Crippen MR) is 91.3 cm³/mol. The normalized spacial score (nSPS) is 21.2. The highest BCUT2D eigenvalue weighted by Crippen LogP contribution is 2.31. The first kappa shape index (κ1) is 16.7. The van der Waals surface area contributed by atoms with Crippen LogP contribution in [0.2, 0.25) is 0 Å². The molecule has 7 nitrogen and oxygen atoms in total. The molecule has 24 heavy (non-hydrogen) atoms. The number of amides is 2. The van der Waals surface area contributed by atoms with Crippen LogP contribution >= 0.6 is 0 Å². The van der Waals surface area contributed by atoms with E-state index in [1.165, 1.54) is 17.7 Å². The summed E-state index contributed by atoms with van der Waals surface area (Å²) in [5.41, 5.74) is 6.85. The molecule has 2 heterocycles. The Morgan fingerprint density at radius 2 is 2.12 bits per heavy atom. The van der Waals surface area contributed by atoms with Gasteiger partial charge < -0.3 is 25.6 Å². The molecule has 0 unspecified atom stereocenters. The number of nitrogens with one attached hydrogen (secondary N) is 1. The van der Waals surface area contributed by atoms with E-state index in [0.717, 1.165) is 19.6 Å². The van der Waals surface area contributed by atoms with Gasteiger partial charge in [0, 0.05) is 25.7 Å². The quantitative estimate of drug-likeness (QED) is 0.822. The van der Waals surface area contributed by atoms with Crippen LogP contribution < -0.4 is 20.7 Å². The van der Waals surface area contributed by atoms with Gasteiger partial charge in [0.15, 0.2) is 0 Å². The second-order valence-corrected chi connectivity index (χ2v) is 6.30. The van der Waals surface area contributed by atoms with E-state index in [-0.39, 0.29) is 18.4 Å². The van der Waals surface area contributed by atoms with Crippen molar-refractivity contribution in [1.82, 2.24) is 10.2 Å². The summed E-state index contributed by atoms with van der Waals surface area (Å²) in [5.74, 6) is 0.194. The van der Waals surface area contributed by atoms with Gasteiger partial charge in [0.25, 0.3) is 5.91 Å². The molecule has 1 atom stereocenters. The number of ether oxygens (including phenoxy) is 1. The third kappa shape index (κ3) is 3.52. The fourth-order valence-electron chi connectivity index (χ4n) is 3.10. The Morgan fingerprint density at radius 1 is 1.38 bits per heavy atom. The van der Waals surface area contributed by atoms with Crippen molar-refractivity contribution >= 4 is 17.5 Å². The van der Waals surface area contributed by atoms with Gasteiger partial charge in [-0.1, -0.05) is 0 Å². The Morgan fingerprint density at radius 3 is 2.88 bits per heavy atom. The number of nitrogens with two attached hydrogens (primary N) is 1. The zero-order valence-electron chi connectivity index (χ0n) is 14.0. The minimum atomic E-state index is -0.694. The van der Waals surface area contributed by atoms with Crippen LogP contribution in [0.4, 0.5) is 5.69 Å². The highest BCUT2D eigenvalue weighted by atomic mass is 16.5. The summed E-state index contributed by atoms with van der Waals surface area (Å²) in [7, 11) is 1.64. The fraction of sp³-hybridized carbons (Fsp3) is 0.529. The van der Waals surface area contributed by atoms with E-state index in [9.17, 15) is 9.59 Å². The Hall–Kier alpha value is -2.12. The first-order valence-electron chi connectivity index (χ1n) is 8.37. The number of rotatable bonds is 4. The summed E-state index contributed by atoms with van der Waals surface area (Å²) in [4.78, 5) is 28.3. The maximum atomic E-state index is 12.3. The molecule has 2 amide bonds. The number of benzene rings is 1. The lowest BCUT2D eigenvalue weighted by Gasteiger charge is -2.18. The zero-order valence-corrected chi connectivity index (χ0v) is 14.0. The van der Waals surface area contributed by atoms with Crippen LogP contribution in [-0.4, -0.2) is 62.6 Å². The Labute approximate surface area is 141 Å². The first-order valence-corrected chi connectivity index (χ1v) is 8.37. The van der Waals surface area contributed by atoms with Crippen molar-refractivity contribution in [2.45, 2.75) is 18.9 Å². The second-order valence-electron chi connectivity index (χ2n) is 6.30. The van der Waals surface area contributed by atoms with Crippen LogP contribution in [0.15, 0.2) is 18.2 Å². The van der Waals surface area contributed by atoms with Crippen LogP contribution in [0.3, 0.4) is 0 Å². The number of hydrogen-bond acceptors (Lipinski definition) is 5. The van der Waals surface area contributed by atoms with E-state index in [0.29, 0.717) is 23.5 Å². The van der Waals surface area contributed by atoms with Crippen molar-refractivity contribution in [2.75, 3.05) is 44.7 Å². The lowest BCUT2D eigenvalue weighted by atomic mass is 10.1. The monoisotopic (exact) mass is 332 g/mol. The van der Waals surface area contributed by atoms with E-state index >= 15 is 0 Å². The molecular formula is C17H24N4O3. The maximum Gasteiger partial charge on any atom is 0.251 e. The lowest BCUT2D eigenvalue weighted by molar-refractivity contribution is -0.119. The van der Waals surface area contributed by atoms with E-state index in [1.54, 1.807) is 25.2 Å². The van der Waals surface area contributed by atoms with Crippen molar-refractivity contribution in [3.05, 3.63) is 23.8 Å². The van der Waals surface area contributed by atoms with Gasteiger partial charge in [-0.05, 0) is 44.1 Å². The average molecular weight is 332 g/mol. The summed E-state index contributed by atoms with van der Waals surface area (Å²) in [6, 6.07) is 4.41. The lowest BCUT2D eigenvalue weighted by Crippen LogP contribution is -2.43. The molecular weight excluding hydrogens is 308 g/mol. The molecule has 2 aliphatic heterocycles. The molecule has 2 aliphatic rings. The summed E-state index contributed by atoms with van der Waals surface area (Å²) in [6.07, 6.45) is 2.47. The second kappa shape index (κ2) is 7.19. The van der Waals surface area contributed by atoms with E-state index in [4.69, 9.17) is 10.5 Å². The molecule has 3 N–H and O–H groups in total. The fourth-order valence-corrected chi connectivity index (χ4v) is 3.10. The van der Waals surface area contributed by atoms with Crippen molar-refractivity contribution in [3.63, 3.8) is 0 Å². The molecule has 3 rings (SSSR count). The van der Waals surface area contributed by atoms with Crippen molar-refractivity contribution < 1.29 is 14.3 Å². The Kier molecular flexibility index (Phi) is 5.01. The number of carbonyl (C=O) groups is 2. The number of hydrogen-bond donors (Lipinski definition) is 2. The van der Waals surface area contributed by atoms with Gasteiger partial charge in [0.1, 0.15) is 18.4 Å². The number of fused-ring (bicyclic) bond motifs is 1. The third-order valence-electron chi connectivity index (χ3n) is 4.56.